The molecular weight excluding hydrogens is 108 g/mol. The molecule has 0 aromatic carbocycles. The molecule has 0 aliphatic rings. The highest BCUT2D eigenvalue weighted by atomic mass is 28.2. The first-order valence-electron chi connectivity index (χ1n) is 1.97. The van der Waals surface area contributed by atoms with Gasteiger partial charge in [0.15, 0.2) is 0 Å². The third-order valence-electron chi connectivity index (χ3n) is 0.666. The van der Waals surface area contributed by atoms with Gasteiger partial charge in [-0.2, -0.15) is 0 Å². The van der Waals surface area contributed by atoms with Crippen LogP contribution in [0.4, 0.5) is 0 Å². The van der Waals surface area contributed by atoms with Gasteiger partial charge in [-0.15, -0.1) is 0 Å². The molecule has 0 amide bonds. The summed E-state index contributed by atoms with van der Waals surface area (Å²) in [6, 6.07) is 0.617. The Hall–Kier alpha value is -0.773. The van der Waals surface area contributed by atoms with Gasteiger partial charge in [0, 0.05) is 12.4 Å². The molecule has 1 heterocycles. The number of H-pyrrole nitrogens is 1. The monoisotopic (exact) mass is 114 g/mol. The Kier molecular flexibility index (Phi) is 1.12. The van der Waals surface area contributed by atoms with Crippen molar-refractivity contribution < 1.29 is 4.43 Å². The van der Waals surface area contributed by atoms with Crippen molar-refractivity contribution >= 4 is 10.5 Å². The molecule has 1 aromatic rings. The molecule has 7 heavy (non-hydrogen) atoms. The van der Waals surface area contributed by atoms with Crippen molar-refractivity contribution in [1.82, 2.24) is 9.97 Å². The second kappa shape index (κ2) is 1.79. The van der Waals surface area contributed by atoms with E-state index in [2.05, 4.69) is 9.97 Å². The molecule has 0 spiro atoms. The highest BCUT2D eigenvalue weighted by Gasteiger charge is 1.82. The fourth-order valence-corrected chi connectivity index (χ4v) is 0.586. The molecule has 38 valence electrons. The summed E-state index contributed by atoms with van der Waals surface area (Å²) < 4.78 is 4.83. The molecule has 0 bridgehead atoms. The fraction of sp³-hybridized carbons (Fsp3) is 0. The third kappa shape index (κ3) is 0.804. The lowest BCUT2D eigenvalue weighted by atomic mass is 11.0. The van der Waals surface area contributed by atoms with Gasteiger partial charge in [0.05, 0.1) is 0 Å². The number of aromatic amines is 1. The molecule has 0 unspecified atom stereocenters. The van der Waals surface area contributed by atoms with Crippen LogP contribution in [0.15, 0.2) is 12.4 Å². The SMILES string of the molecule is [SiH3]Oc1ncc[nH]1. The number of aromatic nitrogens is 2. The first-order chi connectivity index (χ1) is 3.43. The summed E-state index contributed by atoms with van der Waals surface area (Å²) in [5.41, 5.74) is 0. The Morgan fingerprint density at radius 3 is 3.00 bits per heavy atom. The average molecular weight is 114 g/mol. The Bertz CT molecular complexity index is 127. The summed E-state index contributed by atoms with van der Waals surface area (Å²) in [6.07, 6.45) is 3.39. The van der Waals surface area contributed by atoms with E-state index in [-0.39, 0.29) is 0 Å². The topological polar surface area (TPSA) is 37.9 Å². The number of imidazole rings is 1. The van der Waals surface area contributed by atoms with Crippen molar-refractivity contribution in [2.75, 3.05) is 0 Å². The van der Waals surface area contributed by atoms with Crippen molar-refractivity contribution in [3.05, 3.63) is 12.4 Å². The zero-order chi connectivity index (χ0) is 5.11. The summed E-state index contributed by atoms with van der Waals surface area (Å²) in [5.74, 6) is 0. The van der Waals surface area contributed by atoms with Gasteiger partial charge in [-0.25, -0.2) is 4.98 Å². The molecule has 1 aromatic heterocycles. The van der Waals surface area contributed by atoms with Crippen LogP contribution in [0.3, 0.4) is 0 Å². The number of hydrogen-bond donors (Lipinski definition) is 1. The van der Waals surface area contributed by atoms with E-state index in [1.54, 1.807) is 12.4 Å². The maximum atomic E-state index is 4.83. The van der Waals surface area contributed by atoms with Crippen LogP contribution in [-0.4, -0.2) is 20.5 Å². The van der Waals surface area contributed by atoms with Crippen LogP contribution in [0, 0.1) is 0 Å². The van der Waals surface area contributed by atoms with E-state index in [0.717, 1.165) is 0 Å². The number of rotatable bonds is 1. The third-order valence-corrected chi connectivity index (χ3v) is 1.05. The molecule has 4 heteroatoms. The van der Waals surface area contributed by atoms with Gasteiger partial charge < -0.3 is 9.41 Å². The van der Waals surface area contributed by atoms with E-state index in [1.165, 1.54) is 0 Å². The van der Waals surface area contributed by atoms with Crippen molar-refractivity contribution in [1.29, 1.82) is 0 Å². The predicted octanol–water partition coefficient (Wildman–Crippen LogP) is -0.931. The molecule has 0 atom stereocenters. The van der Waals surface area contributed by atoms with E-state index in [1.807, 2.05) is 0 Å². The molecule has 0 aliphatic heterocycles. The van der Waals surface area contributed by atoms with Gasteiger partial charge in [-0.1, -0.05) is 0 Å². The maximum Gasteiger partial charge on any atom is 0.278 e. The van der Waals surface area contributed by atoms with Crippen LogP contribution in [0.2, 0.25) is 0 Å². The highest BCUT2D eigenvalue weighted by molar-refractivity contribution is 5.99. The fourth-order valence-electron chi connectivity index (χ4n) is 0.362. The van der Waals surface area contributed by atoms with Gasteiger partial charge in [0.25, 0.3) is 6.01 Å². The summed E-state index contributed by atoms with van der Waals surface area (Å²) in [4.78, 5) is 6.58. The lowest BCUT2D eigenvalue weighted by Gasteiger charge is -1.87. The zero-order valence-electron chi connectivity index (χ0n) is 4.01. The largest absolute Gasteiger partial charge is 0.528 e. The molecule has 3 nitrogen and oxygen atoms in total. The molecule has 1 rings (SSSR count). The second-order valence-electron chi connectivity index (χ2n) is 1.10. The molecule has 0 saturated heterocycles. The van der Waals surface area contributed by atoms with Gasteiger partial charge >= 0.3 is 0 Å². The van der Waals surface area contributed by atoms with Gasteiger partial charge in [-0.3, -0.25) is 0 Å². The van der Waals surface area contributed by atoms with Crippen LogP contribution < -0.4 is 4.43 Å². The standard InChI is InChI=1S/C3H6N2OSi/c7-6-3-4-1-2-5-3/h1-2H,7H3,(H,4,5). The summed E-state index contributed by atoms with van der Waals surface area (Å²) in [5, 5.41) is 0. The first kappa shape index (κ1) is 4.39. The Labute approximate surface area is 44.3 Å². The highest BCUT2D eigenvalue weighted by Crippen LogP contribution is 1.93. The van der Waals surface area contributed by atoms with E-state index in [4.69, 9.17) is 4.43 Å². The second-order valence-corrected chi connectivity index (χ2v) is 1.51. The summed E-state index contributed by atoms with van der Waals surface area (Å²) >= 11 is 0. The van der Waals surface area contributed by atoms with E-state index in [9.17, 15) is 0 Å². The quantitative estimate of drug-likeness (QED) is 0.479. The van der Waals surface area contributed by atoms with Crippen LogP contribution >= 0.6 is 0 Å². The van der Waals surface area contributed by atoms with Gasteiger partial charge in [0.1, 0.15) is 0 Å². The smallest absolute Gasteiger partial charge is 0.278 e. The zero-order valence-corrected chi connectivity index (χ0v) is 6.01. The molecule has 0 saturated carbocycles. The van der Waals surface area contributed by atoms with Crippen LogP contribution in [0.5, 0.6) is 6.01 Å². The normalized spacial score (nSPS) is 9.14. The van der Waals surface area contributed by atoms with Gasteiger partial charge in [-0.05, 0) is 0 Å². The molecule has 0 fully saturated rings. The van der Waals surface area contributed by atoms with Crippen molar-refractivity contribution in [3.63, 3.8) is 0 Å². The lowest BCUT2D eigenvalue weighted by molar-refractivity contribution is 0.567. The molecule has 0 aliphatic carbocycles. The average Bonchev–Trinajstić information content (AvgIpc) is 2.14. The maximum absolute atomic E-state index is 4.83. The lowest BCUT2D eigenvalue weighted by Crippen LogP contribution is -1.84. The van der Waals surface area contributed by atoms with Crippen LogP contribution in [0.25, 0.3) is 0 Å². The van der Waals surface area contributed by atoms with Crippen LogP contribution in [0.1, 0.15) is 0 Å². The van der Waals surface area contributed by atoms with Crippen molar-refractivity contribution in [3.8, 4) is 6.01 Å². The predicted molar refractivity (Wildman–Crippen MR) is 29.2 cm³/mol. The number of nitrogens with one attached hydrogen (secondary N) is 1. The minimum atomic E-state index is 0.617. The molecule has 0 radical (unpaired) electrons. The first-order valence-corrected chi connectivity index (χ1v) is 2.78. The minimum absolute atomic E-state index is 0.617. The van der Waals surface area contributed by atoms with Crippen molar-refractivity contribution in [2.45, 2.75) is 0 Å². The van der Waals surface area contributed by atoms with Gasteiger partial charge in [0.2, 0.25) is 10.5 Å². The number of hydrogen-bond acceptors (Lipinski definition) is 2. The Balaban J connectivity index is 2.76. The minimum Gasteiger partial charge on any atom is -0.528 e. The number of nitrogens with zero attached hydrogens (tertiary/aromatic N) is 1. The van der Waals surface area contributed by atoms with Crippen LogP contribution in [-0.2, 0) is 0 Å². The Morgan fingerprint density at radius 1 is 1.86 bits per heavy atom. The Morgan fingerprint density at radius 2 is 2.71 bits per heavy atom. The molecular formula is C3H6N2OSi. The molecule has 1 N–H and O–H groups in total. The van der Waals surface area contributed by atoms with E-state index < -0.39 is 0 Å². The van der Waals surface area contributed by atoms with E-state index in [0.29, 0.717) is 16.5 Å². The van der Waals surface area contributed by atoms with Crippen molar-refractivity contribution in [2.24, 2.45) is 0 Å². The van der Waals surface area contributed by atoms with E-state index >= 15 is 0 Å². The summed E-state index contributed by atoms with van der Waals surface area (Å²) in [6.45, 7) is 0. The summed E-state index contributed by atoms with van der Waals surface area (Å²) in [7, 11) is 0.698.